The first-order chi connectivity index (χ1) is 11.9. The second-order valence-corrected chi connectivity index (χ2v) is 9.45. The minimum Gasteiger partial charge on any atom is -0.325 e. The van der Waals surface area contributed by atoms with Crippen LogP contribution in [0.15, 0.2) is 62.4 Å². The van der Waals surface area contributed by atoms with Crippen molar-refractivity contribution in [2.24, 2.45) is 0 Å². The summed E-state index contributed by atoms with van der Waals surface area (Å²) in [5.41, 5.74) is 0.632. The van der Waals surface area contributed by atoms with Crippen LogP contribution in [-0.4, -0.2) is 31.2 Å². The Morgan fingerprint density at radius 3 is 2.48 bits per heavy atom. The van der Waals surface area contributed by atoms with Gasteiger partial charge in [-0.05, 0) is 55.3 Å². The van der Waals surface area contributed by atoms with E-state index in [1.165, 1.54) is 4.31 Å². The molecule has 1 amide bonds. The van der Waals surface area contributed by atoms with Crippen LogP contribution in [0.3, 0.4) is 0 Å². The molecule has 25 heavy (non-hydrogen) atoms. The Bertz CT molecular complexity index is 885. The number of nitrogens with zero attached hydrogens (tertiary/aromatic N) is 1. The van der Waals surface area contributed by atoms with Gasteiger partial charge in [0.05, 0.1) is 4.90 Å². The summed E-state index contributed by atoms with van der Waals surface area (Å²) in [6.07, 6.45) is 1.17. The fraction of sp³-hybridized carbons (Fsp3) is 0.235. The number of rotatable bonds is 4. The van der Waals surface area contributed by atoms with Crippen LogP contribution in [0.1, 0.15) is 12.8 Å². The highest BCUT2D eigenvalue weighted by Crippen LogP contribution is 2.28. The monoisotopic (exact) mass is 486 g/mol. The molecule has 0 bridgehead atoms. The van der Waals surface area contributed by atoms with Crippen LogP contribution in [-0.2, 0) is 14.8 Å². The van der Waals surface area contributed by atoms with Gasteiger partial charge in [-0.2, -0.15) is 4.31 Å². The quantitative estimate of drug-likeness (QED) is 0.708. The lowest BCUT2D eigenvalue weighted by Gasteiger charge is -2.23. The number of halogens is 2. The number of anilines is 1. The minimum absolute atomic E-state index is 0.192. The van der Waals surface area contributed by atoms with Crippen LogP contribution in [0, 0.1) is 0 Å². The lowest BCUT2D eigenvalue weighted by atomic mass is 10.2. The molecule has 3 rings (SSSR count). The predicted molar refractivity (Wildman–Crippen MR) is 104 cm³/mol. The van der Waals surface area contributed by atoms with Crippen LogP contribution in [0.5, 0.6) is 0 Å². The van der Waals surface area contributed by atoms with Crippen LogP contribution in [0.4, 0.5) is 5.69 Å². The number of benzene rings is 2. The van der Waals surface area contributed by atoms with Crippen molar-refractivity contribution in [2.75, 3.05) is 11.9 Å². The van der Waals surface area contributed by atoms with Crippen molar-refractivity contribution >= 4 is 53.5 Å². The van der Waals surface area contributed by atoms with Gasteiger partial charge in [-0.25, -0.2) is 8.42 Å². The van der Waals surface area contributed by atoms with Crippen LogP contribution >= 0.6 is 31.9 Å². The molecular weight excluding hydrogens is 472 g/mol. The van der Waals surface area contributed by atoms with E-state index in [2.05, 4.69) is 37.2 Å². The van der Waals surface area contributed by atoms with E-state index in [1.807, 2.05) is 12.1 Å². The molecule has 1 heterocycles. The Balaban J connectivity index is 1.82. The molecule has 1 aliphatic heterocycles. The standard InChI is InChI=1S/C17H16Br2N2O3S/c18-12-6-8-15(9-7-12)25(23,24)21-10-2-5-16(21)17(22)20-14-4-1-3-13(19)11-14/h1,3-4,6-9,11,16H,2,5,10H2,(H,20,22)/t16-/m1/s1. The molecule has 0 unspecified atom stereocenters. The molecule has 1 atom stereocenters. The van der Waals surface area contributed by atoms with Crippen molar-refractivity contribution in [3.8, 4) is 0 Å². The summed E-state index contributed by atoms with van der Waals surface area (Å²) in [4.78, 5) is 12.8. The van der Waals surface area contributed by atoms with E-state index < -0.39 is 16.1 Å². The van der Waals surface area contributed by atoms with Gasteiger partial charge < -0.3 is 5.32 Å². The Labute approximate surface area is 163 Å². The van der Waals surface area contributed by atoms with Gasteiger partial charge in [-0.3, -0.25) is 4.79 Å². The van der Waals surface area contributed by atoms with E-state index in [9.17, 15) is 13.2 Å². The summed E-state index contributed by atoms with van der Waals surface area (Å²) in [7, 11) is -3.71. The maximum Gasteiger partial charge on any atom is 0.243 e. The molecule has 0 radical (unpaired) electrons. The van der Waals surface area contributed by atoms with Crippen LogP contribution in [0.2, 0.25) is 0 Å². The predicted octanol–water partition coefficient (Wildman–Crippen LogP) is 4.00. The molecule has 1 saturated heterocycles. The van der Waals surface area contributed by atoms with Crippen molar-refractivity contribution in [3.05, 3.63) is 57.5 Å². The van der Waals surface area contributed by atoms with E-state index in [0.29, 0.717) is 25.1 Å². The Morgan fingerprint density at radius 2 is 1.80 bits per heavy atom. The molecule has 2 aromatic carbocycles. The topological polar surface area (TPSA) is 66.5 Å². The number of sulfonamides is 1. The van der Waals surface area contributed by atoms with Crippen LogP contribution < -0.4 is 5.32 Å². The minimum atomic E-state index is -3.71. The molecule has 0 spiro atoms. The zero-order valence-corrected chi connectivity index (χ0v) is 17.1. The first kappa shape index (κ1) is 18.6. The van der Waals surface area contributed by atoms with E-state index in [-0.39, 0.29) is 10.8 Å². The van der Waals surface area contributed by atoms with E-state index >= 15 is 0 Å². The highest BCUT2D eigenvalue weighted by molar-refractivity contribution is 9.10. The van der Waals surface area contributed by atoms with Crippen molar-refractivity contribution < 1.29 is 13.2 Å². The van der Waals surface area contributed by atoms with Gasteiger partial charge in [0.1, 0.15) is 6.04 Å². The average molecular weight is 488 g/mol. The molecule has 0 aliphatic carbocycles. The molecule has 0 saturated carbocycles. The SMILES string of the molecule is O=C(Nc1cccc(Br)c1)[C@H]1CCCN1S(=O)(=O)c1ccc(Br)cc1. The van der Waals surface area contributed by atoms with Crippen molar-refractivity contribution in [2.45, 2.75) is 23.8 Å². The Kier molecular flexibility index (Phi) is 5.62. The number of amides is 1. The highest BCUT2D eigenvalue weighted by atomic mass is 79.9. The first-order valence-electron chi connectivity index (χ1n) is 7.72. The third kappa shape index (κ3) is 4.13. The number of nitrogens with one attached hydrogen (secondary N) is 1. The fourth-order valence-corrected chi connectivity index (χ4v) is 5.14. The number of carbonyl (C=O) groups excluding carboxylic acids is 1. The van der Waals surface area contributed by atoms with E-state index in [0.717, 1.165) is 8.95 Å². The molecule has 0 aromatic heterocycles. The molecule has 5 nitrogen and oxygen atoms in total. The molecule has 2 aromatic rings. The van der Waals surface area contributed by atoms with Gasteiger partial charge in [-0.1, -0.05) is 37.9 Å². The van der Waals surface area contributed by atoms with Gasteiger partial charge in [-0.15, -0.1) is 0 Å². The average Bonchev–Trinajstić information content (AvgIpc) is 3.06. The third-order valence-corrected chi connectivity index (χ3v) is 6.96. The summed E-state index contributed by atoms with van der Waals surface area (Å²) >= 11 is 6.65. The zero-order valence-electron chi connectivity index (χ0n) is 13.2. The summed E-state index contributed by atoms with van der Waals surface area (Å²) in [6.45, 7) is 0.342. The largest absolute Gasteiger partial charge is 0.325 e. The molecule has 132 valence electrons. The van der Waals surface area contributed by atoms with Gasteiger partial charge >= 0.3 is 0 Å². The van der Waals surface area contributed by atoms with Crippen molar-refractivity contribution in [3.63, 3.8) is 0 Å². The summed E-state index contributed by atoms with van der Waals surface area (Å²) in [5, 5.41) is 2.80. The Hall–Kier alpha value is -1.22. The molecule has 1 fully saturated rings. The lowest BCUT2D eigenvalue weighted by Crippen LogP contribution is -2.43. The smallest absolute Gasteiger partial charge is 0.243 e. The zero-order chi connectivity index (χ0) is 18.0. The lowest BCUT2D eigenvalue weighted by molar-refractivity contribution is -0.119. The summed E-state index contributed by atoms with van der Waals surface area (Å²) in [6, 6.07) is 13.0. The van der Waals surface area contributed by atoms with Gasteiger partial charge in [0, 0.05) is 21.2 Å². The highest BCUT2D eigenvalue weighted by Gasteiger charge is 2.39. The molecule has 1 N–H and O–H groups in total. The van der Waals surface area contributed by atoms with Crippen molar-refractivity contribution in [1.82, 2.24) is 4.31 Å². The maximum atomic E-state index is 12.9. The van der Waals surface area contributed by atoms with Crippen LogP contribution in [0.25, 0.3) is 0 Å². The Morgan fingerprint density at radius 1 is 1.08 bits per heavy atom. The van der Waals surface area contributed by atoms with Gasteiger partial charge in [0.2, 0.25) is 15.9 Å². The van der Waals surface area contributed by atoms with Gasteiger partial charge in [0.25, 0.3) is 0 Å². The van der Waals surface area contributed by atoms with Crippen molar-refractivity contribution in [1.29, 1.82) is 0 Å². The third-order valence-electron chi connectivity index (χ3n) is 4.02. The molecule has 8 heteroatoms. The second-order valence-electron chi connectivity index (χ2n) is 5.73. The van der Waals surface area contributed by atoms with Gasteiger partial charge in [0.15, 0.2) is 0 Å². The second kappa shape index (κ2) is 7.57. The normalized spacial score (nSPS) is 18.2. The maximum absolute atomic E-state index is 12.9. The number of hydrogen-bond acceptors (Lipinski definition) is 3. The summed E-state index contributed by atoms with van der Waals surface area (Å²) in [5.74, 6) is -0.309. The molecular formula is C17H16Br2N2O3S. The number of hydrogen-bond donors (Lipinski definition) is 1. The van der Waals surface area contributed by atoms with E-state index in [1.54, 1.807) is 36.4 Å². The first-order valence-corrected chi connectivity index (χ1v) is 10.7. The number of carbonyl (C=O) groups is 1. The van der Waals surface area contributed by atoms with E-state index in [4.69, 9.17) is 0 Å². The molecule has 1 aliphatic rings. The fourth-order valence-electron chi connectivity index (χ4n) is 2.82. The summed E-state index contributed by atoms with van der Waals surface area (Å²) < 4.78 is 28.7.